The van der Waals surface area contributed by atoms with E-state index in [1.165, 1.54) is 5.56 Å². The fourth-order valence-electron chi connectivity index (χ4n) is 3.99. The van der Waals surface area contributed by atoms with E-state index in [0.717, 1.165) is 39.8 Å². The monoisotopic (exact) mass is 453 g/mol. The van der Waals surface area contributed by atoms with Crippen LogP contribution in [0.3, 0.4) is 0 Å². The van der Waals surface area contributed by atoms with Crippen LogP contribution in [0.15, 0.2) is 72.8 Å². The molecule has 0 radical (unpaired) electrons. The minimum absolute atomic E-state index is 0.0644. The van der Waals surface area contributed by atoms with Gasteiger partial charge in [0.25, 0.3) is 5.91 Å². The Morgan fingerprint density at radius 1 is 0.848 bits per heavy atom. The van der Waals surface area contributed by atoms with Gasteiger partial charge in [-0.15, -0.1) is 0 Å². The molecule has 0 unspecified atom stereocenters. The molecule has 1 amide bonds. The Morgan fingerprint density at radius 3 is 2.30 bits per heavy atom. The standard InChI is InChI=1S/C27H23N3O2S/c1-17-7-6-10-24(18(17)2)30-26(22-15-33-16-23(22)29-30)28-27(32)21-13-11-20(12-14-21)25(31)19-8-4-3-5-9-19/h3-14H,15-16H2,1-2H3,(H,28,32). The highest BCUT2D eigenvalue weighted by Gasteiger charge is 2.25. The second-order valence-electron chi connectivity index (χ2n) is 8.12. The number of thioether (sulfide) groups is 1. The number of rotatable bonds is 5. The van der Waals surface area contributed by atoms with Gasteiger partial charge in [-0.1, -0.05) is 54.6 Å². The zero-order valence-electron chi connectivity index (χ0n) is 18.5. The van der Waals surface area contributed by atoms with Crippen molar-refractivity contribution in [3.05, 3.63) is 112 Å². The molecule has 1 N–H and O–H groups in total. The summed E-state index contributed by atoms with van der Waals surface area (Å²) in [4.78, 5) is 25.8. The lowest BCUT2D eigenvalue weighted by atomic mass is 10.0. The summed E-state index contributed by atoms with van der Waals surface area (Å²) in [5, 5.41) is 7.91. The van der Waals surface area contributed by atoms with Gasteiger partial charge < -0.3 is 5.32 Å². The van der Waals surface area contributed by atoms with Gasteiger partial charge in [-0.05, 0) is 43.2 Å². The number of hydrogen-bond acceptors (Lipinski definition) is 4. The number of hydrogen-bond donors (Lipinski definition) is 1. The number of benzene rings is 3. The summed E-state index contributed by atoms with van der Waals surface area (Å²) in [5.41, 5.74) is 7.03. The number of nitrogens with one attached hydrogen (secondary N) is 1. The third-order valence-corrected chi connectivity index (χ3v) is 7.00. The van der Waals surface area contributed by atoms with Crippen molar-refractivity contribution in [2.75, 3.05) is 5.32 Å². The number of aromatic nitrogens is 2. The number of aryl methyl sites for hydroxylation is 1. The lowest BCUT2D eigenvalue weighted by Gasteiger charge is -2.14. The van der Waals surface area contributed by atoms with E-state index in [1.54, 1.807) is 48.2 Å². The molecule has 0 atom stereocenters. The van der Waals surface area contributed by atoms with E-state index in [2.05, 4.69) is 25.2 Å². The number of carbonyl (C=O) groups is 2. The van der Waals surface area contributed by atoms with Gasteiger partial charge >= 0.3 is 0 Å². The Balaban J connectivity index is 1.44. The number of amides is 1. The minimum atomic E-state index is -0.222. The topological polar surface area (TPSA) is 64.0 Å². The van der Waals surface area contributed by atoms with Gasteiger partial charge in [0.1, 0.15) is 5.82 Å². The fraction of sp³-hybridized carbons (Fsp3) is 0.148. The Labute approximate surface area is 196 Å². The SMILES string of the molecule is Cc1cccc(-n2nc3c(c2NC(=O)c2ccc(C(=O)c4ccccc4)cc2)CSC3)c1C. The lowest BCUT2D eigenvalue weighted by Crippen LogP contribution is -2.17. The first-order valence-electron chi connectivity index (χ1n) is 10.8. The highest BCUT2D eigenvalue weighted by molar-refractivity contribution is 7.98. The molecule has 0 fully saturated rings. The second kappa shape index (κ2) is 8.71. The van der Waals surface area contributed by atoms with E-state index in [1.807, 2.05) is 35.0 Å². The Hall–Kier alpha value is -3.64. The van der Waals surface area contributed by atoms with Crippen molar-refractivity contribution in [1.82, 2.24) is 9.78 Å². The van der Waals surface area contributed by atoms with Crippen LogP contribution in [0.5, 0.6) is 0 Å². The molecule has 0 saturated carbocycles. The van der Waals surface area contributed by atoms with Crippen LogP contribution < -0.4 is 5.32 Å². The van der Waals surface area contributed by atoms with Crippen LogP contribution in [0.1, 0.15) is 48.7 Å². The van der Waals surface area contributed by atoms with Crippen LogP contribution in [-0.2, 0) is 11.5 Å². The maximum absolute atomic E-state index is 13.2. The van der Waals surface area contributed by atoms with Crippen molar-refractivity contribution in [3.63, 3.8) is 0 Å². The smallest absolute Gasteiger partial charge is 0.256 e. The van der Waals surface area contributed by atoms with Gasteiger partial charge in [-0.3, -0.25) is 9.59 Å². The summed E-state index contributed by atoms with van der Waals surface area (Å²) in [6, 6.07) is 22.0. The van der Waals surface area contributed by atoms with Crippen molar-refractivity contribution in [2.24, 2.45) is 0 Å². The number of anilines is 1. The van der Waals surface area contributed by atoms with Gasteiger partial charge in [-0.2, -0.15) is 16.9 Å². The zero-order valence-corrected chi connectivity index (χ0v) is 19.3. The molecular formula is C27H23N3O2S. The molecule has 6 heteroatoms. The normalized spacial score (nSPS) is 12.4. The number of nitrogens with zero attached hydrogens (tertiary/aromatic N) is 2. The van der Waals surface area contributed by atoms with Crippen LogP contribution in [-0.4, -0.2) is 21.5 Å². The first-order valence-corrected chi connectivity index (χ1v) is 11.9. The summed E-state index contributed by atoms with van der Waals surface area (Å²) in [6.45, 7) is 4.14. The summed E-state index contributed by atoms with van der Waals surface area (Å²) in [7, 11) is 0. The summed E-state index contributed by atoms with van der Waals surface area (Å²) >= 11 is 1.80. The van der Waals surface area contributed by atoms with E-state index in [9.17, 15) is 9.59 Å². The zero-order chi connectivity index (χ0) is 22.9. The van der Waals surface area contributed by atoms with E-state index in [4.69, 9.17) is 5.10 Å². The summed E-state index contributed by atoms with van der Waals surface area (Å²) in [5.74, 6) is 2.09. The van der Waals surface area contributed by atoms with Crippen molar-refractivity contribution in [1.29, 1.82) is 0 Å². The molecule has 1 aliphatic rings. The van der Waals surface area contributed by atoms with Crippen molar-refractivity contribution < 1.29 is 9.59 Å². The quantitative estimate of drug-likeness (QED) is 0.393. The van der Waals surface area contributed by atoms with Crippen LogP contribution in [0.2, 0.25) is 0 Å². The minimum Gasteiger partial charge on any atom is -0.306 e. The molecule has 2 heterocycles. The molecule has 164 valence electrons. The molecule has 5 nitrogen and oxygen atoms in total. The summed E-state index contributed by atoms with van der Waals surface area (Å²) in [6.07, 6.45) is 0. The lowest BCUT2D eigenvalue weighted by molar-refractivity contribution is 0.101. The predicted molar refractivity (Wildman–Crippen MR) is 132 cm³/mol. The first-order chi connectivity index (χ1) is 16.0. The second-order valence-corrected chi connectivity index (χ2v) is 9.11. The molecule has 0 saturated heterocycles. The highest BCUT2D eigenvalue weighted by Crippen LogP contribution is 2.37. The van der Waals surface area contributed by atoms with Gasteiger partial charge in [0.15, 0.2) is 5.78 Å². The van der Waals surface area contributed by atoms with Crippen LogP contribution in [0.25, 0.3) is 5.69 Å². The molecule has 5 rings (SSSR count). The Kier molecular flexibility index (Phi) is 5.60. The van der Waals surface area contributed by atoms with E-state index >= 15 is 0 Å². The summed E-state index contributed by atoms with van der Waals surface area (Å²) < 4.78 is 1.86. The third-order valence-electron chi connectivity index (χ3n) is 6.03. The number of fused-ring (bicyclic) bond motifs is 1. The molecule has 33 heavy (non-hydrogen) atoms. The fourth-order valence-corrected chi connectivity index (χ4v) is 5.02. The van der Waals surface area contributed by atoms with E-state index in [-0.39, 0.29) is 11.7 Å². The van der Waals surface area contributed by atoms with Crippen molar-refractivity contribution in [2.45, 2.75) is 25.4 Å². The maximum Gasteiger partial charge on any atom is 0.256 e. The third kappa shape index (κ3) is 3.98. The molecule has 4 aromatic rings. The number of ketones is 1. The van der Waals surface area contributed by atoms with Crippen LogP contribution in [0, 0.1) is 13.8 Å². The molecule has 0 spiro atoms. The number of carbonyl (C=O) groups excluding carboxylic acids is 2. The van der Waals surface area contributed by atoms with Crippen LogP contribution in [0.4, 0.5) is 5.82 Å². The molecule has 1 aliphatic heterocycles. The molecule has 0 bridgehead atoms. The highest BCUT2D eigenvalue weighted by atomic mass is 32.2. The van der Waals surface area contributed by atoms with Crippen molar-refractivity contribution in [3.8, 4) is 5.69 Å². The molecule has 1 aromatic heterocycles. The average Bonchev–Trinajstić information content (AvgIpc) is 3.43. The van der Waals surface area contributed by atoms with Gasteiger partial charge in [0, 0.05) is 33.8 Å². The van der Waals surface area contributed by atoms with Crippen molar-refractivity contribution >= 4 is 29.3 Å². The molecule has 3 aromatic carbocycles. The largest absolute Gasteiger partial charge is 0.306 e. The van der Waals surface area contributed by atoms with Gasteiger partial charge in [0.2, 0.25) is 0 Å². The van der Waals surface area contributed by atoms with Gasteiger partial charge in [-0.25, -0.2) is 4.68 Å². The molecule has 0 aliphatic carbocycles. The van der Waals surface area contributed by atoms with Gasteiger partial charge in [0.05, 0.1) is 11.4 Å². The van der Waals surface area contributed by atoms with E-state index in [0.29, 0.717) is 16.7 Å². The average molecular weight is 454 g/mol. The maximum atomic E-state index is 13.2. The first kappa shape index (κ1) is 21.2. The Morgan fingerprint density at radius 2 is 1.55 bits per heavy atom. The molecular weight excluding hydrogens is 430 g/mol. The predicted octanol–water partition coefficient (Wildman–Crippen LogP) is 5.72. The van der Waals surface area contributed by atoms with Crippen LogP contribution >= 0.6 is 11.8 Å². The Bertz CT molecular complexity index is 1360. The van der Waals surface area contributed by atoms with E-state index < -0.39 is 0 Å².